The smallest absolute Gasteiger partial charge is 0.325 e. The largest absolute Gasteiger partial charge is 0.340 e. The average Bonchev–Trinajstić information content (AvgIpc) is 2.98. The second kappa shape index (κ2) is 9.07. The number of urea groups is 1. The van der Waals surface area contributed by atoms with E-state index >= 15 is 0 Å². The third-order valence-corrected chi connectivity index (χ3v) is 5.40. The van der Waals surface area contributed by atoms with Gasteiger partial charge in [-0.2, -0.15) is 0 Å². The summed E-state index contributed by atoms with van der Waals surface area (Å²) in [4.78, 5) is 41.1. The number of imide groups is 1. The van der Waals surface area contributed by atoms with E-state index in [9.17, 15) is 18.8 Å². The summed E-state index contributed by atoms with van der Waals surface area (Å²) in [5, 5.41) is 2.78. The molecule has 0 aliphatic carbocycles. The molecule has 1 atom stereocenters. The molecule has 0 aromatic heterocycles. The Balaban J connectivity index is 1.79. The lowest BCUT2D eigenvalue weighted by Crippen LogP contribution is -2.45. The number of nitrogens with zero attached hydrogens (tertiary/aromatic N) is 2. The lowest BCUT2D eigenvalue weighted by Gasteiger charge is -2.27. The highest BCUT2D eigenvalue weighted by atomic mass is 19.1. The summed E-state index contributed by atoms with van der Waals surface area (Å²) in [6.45, 7) is 2.02. The molecule has 0 unspecified atom stereocenters. The van der Waals surface area contributed by atoms with Gasteiger partial charge in [0.05, 0.1) is 0 Å². The minimum Gasteiger partial charge on any atom is -0.340 e. The van der Waals surface area contributed by atoms with Gasteiger partial charge >= 0.3 is 6.03 Å². The molecule has 1 N–H and O–H groups in total. The van der Waals surface area contributed by atoms with Crippen LogP contribution in [0.4, 0.5) is 9.18 Å². The lowest BCUT2D eigenvalue weighted by molar-refractivity contribution is -0.139. The lowest BCUT2D eigenvalue weighted by atomic mass is 9.85. The van der Waals surface area contributed by atoms with Crippen LogP contribution in [0.5, 0.6) is 0 Å². The van der Waals surface area contributed by atoms with Gasteiger partial charge in [-0.3, -0.25) is 14.5 Å². The molecule has 1 aliphatic rings. The third-order valence-electron chi connectivity index (χ3n) is 5.40. The van der Waals surface area contributed by atoms with Crippen LogP contribution in [0.25, 0.3) is 0 Å². The molecule has 1 heterocycles. The van der Waals surface area contributed by atoms with Crippen LogP contribution in [0.15, 0.2) is 54.6 Å². The number of halogens is 1. The maximum absolute atomic E-state index is 13.4. The molecule has 1 saturated heterocycles. The first kappa shape index (κ1) is 21.5. The number of hydrogen-bond acceptors (Lipinski definition) is 3. The van der Waals surface area contributed by atoms with E-state index in [0.29, 0.717) is 24.9 Å². The number of likely N-dealkylation sites (N-methyl/N-ethyl adjacent to an activating group) is 1. The van der Waals surface area contributed by atoms with E-state index in [2.05, 4.69) is 5.32 Å². The summed E-state index contributed by atoms with van der Waals surface area (Å²) in [5.74, 6) is -1.24. The van der Waals surface area contributed by atoms with E-state index in [-0.39, 0.29) is 12.5 Å². The van der Waals surface area contributed by atoms with Gasteiger partial charge in [0, 0.05) is 13.6 Å². The molecule has 2 aromatic rings. The van der Waals surface area contributed by atoms with Crippen LogP contribution in [0.1, 0.15) is 37.3 Å². The predicted molar refractivity (Wildman–Crippen MR) is 111 cm³/mol. The molecule has 158 valence electrons. The van der Waals surface area contributed by atoms with Gasteiger partial charge < -0.3 is 10.2 Å². The molecule has 30 heavy (non-hydrogen) atoms. The molecule has 3 rings (SSSR count). The zero-order chi connectivity index (χ0) is 21.7. The van der Waals surface area contributed by atoms with Crippen LogP contribution in [0, 0.1) is 5.82 Å². The predicted octanol–water partition coefficient (Wildman–Crippen LogP) is 3.42. The van der Waals surface area contributed by atoms with Crippen molar-refractivity contribution < 1.29 is 18.8 Å². The van der Waals surface area contributed by atoms with Crippen molar-refractivity contribution in [3.05, 3.63) is 71.5 Å². The van der Waals surface area contributed by atoms with Crippen molar-refractivity contribution in [2.24, 2.45) is 0 Å². The third kappa shape index (κ3) is 4.35. The Morgan fingerprint density at radius 1 is 1.10 bits per heavy atom. The number of carbonyl (C=O) groups is 3. The maximum Gasteiger partial charge on any atom is 0.325 e. The Morgan fingerprint density at radius 2 is 1.77 bits per heavy atom. The van der Waals surface area contributed by atoms with Crippen molar-refractivity contribution in [3.8, 4) is 0 Å². The first-order valence-corrected chi connectivity index (χ1v) is 10.1. The first-order chi connectivity index (χ1) is 14.4. The van der Waals surface area contributed by atoms with Gasteiger partial charge in [-0.05, 0) is 29.7 Å². The van der Waals surface area contributed by atoms with E-state index < -0.39 is 23.3 Å². The fourth-order valence-electron chi connectivity index (χ4n) is 3.66. The quantitative estimate of drug-likeness (QED) is 0.677. The van der Waals surface area contributed by atoms with Crippen molar-refractivity contribution in [1.82, 2.24) is 15.1 Å². The highest BCUT2D eigenvalue weighted by Crippen LogP contribution is 2.34. The van der Waals surface area contributed by atoms with Gasteiger partial charge in [0.25, 0.3) is 5.91 Å². The van der Waals surface area contributed by atoms with Crippen molar-refractivity contribution in [1.29, 1.82) is 0 Å². The SMILES string of the molecule is CCCC[C@]1(c2ccc(F)cc2)NC(=O)N(CC(=O)N(C)Cc2ccccc2)C1=O. The summed E-state index contributed by atoms with van der Waals surface area (Å²) in [6.07, 6.45) is 1.90. The average molecular weight is 411 g/mol. The van der Waals surface area contributed by atoms with Gasteiger partial charge in [-0.15, -0.1) is 0 Å². The summed E-state index contributed by atoms with van der Waals surface area (Å²) in [6, 6.07) is 14.4. The minimum absolute atomic E-state index is 0.340. The van der Waals surface area contributed by atoms with Crippen LogP contribution >= 0.6 is 0 Å². The number of unbranched alkanes of at least 4 members (excludes halogenated alkanes) is 1. The standard InChI is InChI=1S/C23H26FN3O3/c1-3-4-14-23(18-10-12-19(24)13-11-18)21(29)27(22(30)25-23)16-20(28)26(2)15-17-8-6-5-7-9-17/h5-13H,3-4,14-16H2,1-2H3,(H,25,30)/t23-/m1/s1. The Morgan fingerprint density at radius 3 is 2.40 bits per heavy atom. The van der Waals surface area contributed by atoms with Crippen molar-refractivity contribution in [3.63, 3.8) is 0 Å². The molecule has 2 aromatic carbocycles. The highest BCUT2D eigenvalue weighted by molar-refractivity contribution is 6.09. The van der Waals surface area contributed by atoms with E-state index in [1.54, 1.807) is 7.05 Å². The number of benzene rings is 2. The van der Waals surface area contributed by atoms with Crippen molar-refractivity contribution in [2.45, 2.75) is 38.3 Å². The van der Waals surface area contributed by atoms with Gasteiger partial charge in [0.15, 0.2) is 0 Å². The van der Waals surface area contributed by atoms with E-state index in [0.717, 1.165) is 16.9 Å². The van der Waals surface area contributed by atoms with E-state index in [4.69, 9.17) is 0 Å². The maximum atomic E-state index is 13.4. The molecule has 0 spiro atoms. The van der Waals surface area contributed by atoms with Gasteiger partial charge in [-0.25, -0.2) is 9.18 Å². The molecule has 1 aliphatic heterocycles. The fourth-order valence-corrected chi connectivity index (χ4v) is 3.66. The molecule has 0 radical (unpaired) electrons. The Labute approximate surface area is 175 Å². The molecule has 4 amide bonds. The number of rotatable bonds is 8. The summed E-state index contributed by atoms with van der Waals surface area (Å²) in [5.41, 5.74) is 0.191. The zero-order valence-corrected chi connectivity index (χ0v) is 17.2. The number of nitrogens with one attached hydrogen (secondary N) is 1. The first-order valence-electron chi connectivity index (χ1n) is 10.1. The van der Waals surface area contributed by atoms with Gasteiger partial charge in [-0.1, -0.05) is 62.2 Å². The van der Waals surface area contributed by atoms with Crippen LogP contribution in [0.2, 0.25) is 0 Å². The second-order valence-electron chi connectivity index (χ2n) is 7.57. The minimum atomic E-state index is -1.28. The Bertz CT molecular complexity index is 917. The molecular weight excluding hydrogens is 385 g/mol. The topological polar surface area (TPSA) is 69.7 Å². The van der Waals surface area contributed by atoms with E-state index in [1.807, 2.05) is 37.3 Å². The summed E-state index contributed by atoms with van der Waals surface area (Å²) >= 11 is 0. The second-order valence-corrected chi connectivity index (χ2v) is 7.57. The summed E-state index contributed by atoms with van der Waals surface area (Å²) in [7, 11) is 1.64. The van der Waals surface area contributed by atoms with Crippen LogP contribution in [0.3, 0.4) is 0 Å². The fraction of sp³-hybridized carbons (Fsp3) is 0.348. The van der Waals surface area contributed by atoms with Crippen molar-refractivity contribution >= 4 is 17.8 Å². The van der Waals surface area contributed by atoms with Crippen LogP contribution in [-0.2, 0) is 21.7 Å². The van der Waals surface area contributed by atoms with Crippen molar-refractivity contribution in [2.75, 3.05) is 13.6 Å². The van der Waals surface area contributed by atoms with Gasteiger partial charge in [0.1, 0.15) is 17.9 Å². The van der Waals surface area contributed by atoms with Crippen LogP contribution < -0.4 is 5.32 Å². The molecule has 7 heteroatoms. The van der Waals surface area contributed by atoms with E-state index in [1.165, 1.54) is 29.2 Å². The monoisotopic (exact) mass is 411 g/mol. The normalized spacial score (nSPS) is 18.4. The molecular formula is C23H26FN3O3. The summed E-state index contributed by atoms with van der Waals surface area (Å²) < 4.78 is 13.4. The number of hydrogen-bond donors (Lipinski definition) is 1. The molecule has 0 bridgehead atoms. The number of carbonyl (C=O) groups excluding carboxylic acids is 3. The zero-order valence-electron chi connectivity index (χ0n) is 17.2. The molecule has 6 nitrogen and oxygen atoms in total. The van der Waals surface area contributed by atoms with Gasteiger partial charge in [0.2, 0.25) is 5.91 Å². The van der Waals surface area contributed by atoms with Crippen LogP contribution in [-0.4, -0.2) is 41.2 Å². The Kier molecular flexibility index (Phi) is 6.50. The molecule has 1 fully saturated rings. The molecule has 0 saturated carbocycles. The number of amides is 4. The Hall–Kier alpha value is -3.22. The highest BCUT2D eigenvalue weighted by Gasteiger charge is 2.52.